The fourth-order valence-corrected chi connectivity index (χ4v) is 4.27. The van der Waals surface area contributed by atoms with Crippen LogP contribution in [-0.2, 0) is 10.8 Å². The van der Waals surface area contributed by atoms with Gasteiger partial charge in [-0.15, -0.1) is 0 Å². The van der Waals surface area contributed by atoms with Gasteiger partial charge in [-0.2, -0.15) is 0 Å². The van der Waals surface area contributed by atoms with Crippen LogP contribution in [-0.4, -0.2) is 52.5 Å². The van der Waals surface area contributed by atoms with Crippen LogP contribution in [0.1, 0.15) is 17.9 Å². The van der Waals surface area contributed by atoms with E-state index in [4.69, 9.17) is 16.7 Å². The Morgan fingerprint density at radius 1 is 1.40 bits per heavy atom. The van der Waals surface area contributed by atoms with E-state index < -0.39 is 10.8 Å². The Labute approximate surface area is 128 Å². The number of aliphatic hydroxyl groups is 1. The maximum atomic E-state index is 12.0. The van der Waals surface area contributed by atoms with E-state index in [9.17, 15) is 4.21 Å². The minimum Gasteiger partial charge on any atom is -0.395 e. The molecule has 1 aliphatic rings. The van der Waals surface area contributed by atoms with E-state index in [1.54, 1.807) is 0 Å². The summed E-state index contributed by atoms with van der Waals surface area (Å²) in [5, 5.41) is 9.67. The Hall–Kier alpha value is -0.420. The molecule has 1 saturated heterocycles. The van der Waals surface area contributed by atoms with Crippen molar-refractivity contribution in [1.29, 1.82) is 0 Å². The third kappa shape index (κ3) is 4.29. The van der Waals surface area contributed by atoms with Gasteiger partial charge in [-0.1, -0.05) is 23.7 Å². The summed E-state index contributed by atoms with van der Waals surface area (Å²) in [6.45, 7) is 2.03. The van der Waals surface area contributed by atoms with E-state index >= 15 is 0 Å². The summed E-state index contributed by atoms with van der Waals surface area (Å²) in [5.41, 5.74) is 1.29. The van der Waals surface area contributed by atoms with Crippen LogP contribution in [0.25, 0.3) is 0 Å². The first-order chi connectivity index (χ1) is 9.60. The third-order valence-corrected chi connectivity index (χ3v) is 5.64. The SMILES string of the molecule is CN1CC[C@H](c2ccc(Cl)cc2)[C@@H](CS(=O)CCO)C1. The molecule has 0 radical (unpaired) electrons. The molecule has 1 heterocycles. The van der Waals surface area contributed by atoms with Crippen LogP contribution in [0.5, 0.6) is 0 Å². The quantitative estimate of drug-likeness (QED) is 0.905. The number of aliphatic hydroxyl groups excluding tert-OH is 1. The lowest BCUT2D eigenvalue weighted by Crippen LogP contribution is -2.39. The van der Waals surface area contributed by atoms with E-state index in [-0.39, 0.29) is 6.61 Å². The molecule has 0 aromatic heterocycles. The Kier molecular flexibility index (Phi) is 6.02. The molecule has 5 heteroatoms. The van der Waals surface area contributed by atoms with Crippen LogP contribution in [0.15, 0.2) is 24.3 Å². The van der Waals surface area contributed by atoms with E-state index in [2.05, 4.69) is 24.1 Å². The Morgan fingerprint density at radius 3 is 2.75 bits per heavy atom. The van der Waals surface area contributed by atoms with Gasteiger partial charge in [0.25, 0.3) is 0 Å². The van der Waals surface area contributed by atoms with Crippen LogP contribution in [0.2, 0.25) is 5.02 Å². The van der Waals surface area contributed by atoms with Crippen molar-refractivity contribution in [2.24, 2.45) is 5.92 Å². The van der Waals surface area contributed by atoms with Gasteiger partial charge in [0, 0.05) is 33.9 Å². The van der Waals surface area contributed by atoms with Crippen LogP contribution in [0.3, 0.4) is 0 Å². The molecule has 1 fully saturated rings. The van der Waals surface area contributed by atoms with Gasteiger partial charge < -0.3 is 10.0 Å². The molecule has 0 amide bonds. The summed E-state index contributed by atoms with van der Waals surface area (Å²) < 4.78 is 12.0. The maximum absolute atomic E-state index is 12.0. The Bertz CT molecular complexity index is 452. The van der Waals surface area contributed by atoms with Crippen molar-refractivity contribution in [2.45, 2.75) is 12.3 Å². The van der Waals surface area contributed by atoms with Crippen LogP contribution in [0.4, 0.5) is 0 Å². The second-order valence-corrected chi connectivity index (χ2v) is 7.56. The van der Waals surface area contributed by atoms with Crippen molar-refractivity contribution in [2.75, 3.05) is 38.2 Å². The van der Waals surface area contributed by atoms with Crippen molar-refractivity contribution >= 4 is 22.4 Å². The zero-order valence-electron chi connectivity index (χ0n) is 11.8. The van der Waals surface area contributed by atoms with E-state index in [0.717, 1.165) is 24.5 Å². The molecule has 112 valence electrons. The van der Waals surface area contributed by atoms with E-state index in [1.807, 2.05) is 12.1 Å². The van der Waals surface area contributed by atoms with Crippen molar-refractivity contribution in [1.82, 2.24) is 4.90 Å². The van der Waals surface area contributed by atoms with Gasteiger partial charge in [-0.25, -0.2) is 0 Å². The van der Waals surface area contributed by atoms with Crippen molar-refractivity contribution in [3.05, 3.63) is 34.9 Å². The van der Waals surface area contributed by atoms with Crippen molar-refractivity contribution in [3.8, 4) is 0 Å². The second kappa shape index (κ2) is 7.55. The minimum absolute atomic E-state index is 0.000776. The standard InChI is InChI=1S/C15H22ClNO2S/c1-17-7-6-15(12-2-4-14(16)5-3-12)13(10-17)11-20(19)9-8-18/h2-5,13,15,18H,6-11H2,1H3/t13-,15-,20?/m1/s1. The molecule has 3 atom stereocenters. The summed E-state index contributed by atoms with van der Waals surface area (Å²) in [6.07, 6.45) is 1.08. The molecule has 0 saturated carbocycles. The fraction of sp³-hybridized carbons (Fsp3) is 0.600. The van der Waals surface area contributed by atoms with Gasteiger partial charge in [0.2, 0.25) is 0 Å². The lowest BCUT2D eigenvalue weighted by atomic mass is 9.81. The number of rotatable bonds is 5. The maximum Gasteiger partial charge on any atom is 0.0546 e. The number of piperidine rings is 1. The number of benzene rings is 1. The highest BCUT2D eigenvalue weighted by Gasteiger charge is 2.30. The summed E-state index contributed by atoms with van der Waals surface area (Å²) in [7, 11) is 1.18. The third-order valence-electron chi connectivity index (χ3n) is 3.95. The smallest absolute Gasteiger partial charge is 0.0546 e. The highest BCUT2D eigenvalue weighted by Crippen LogP contribution is 2.33. The van der Waals surface area contributed by atoms with Crippen LogP contribution < -0.4 is 0 Å². The minimum atomic E-state index is -0.934. The molecule has 1 aromatic rings. The summed E-state index contributed by atoms with van der Waals surface area (Å²) in [4.78, 5) is 2.30. The molecule has 1 aliphatic heterocycles. The average Bonchev–Trinajstić information content (AvgIpc) is 2.40. The molecule has 20 heavy (non-hydrogen) atoms. The summed E-state index contributed by atoms with van der Waals surface area (Å²) >= 11 is 5.95. The fourth-order valence-electron chi connectivity index (χ4n) is 2.96. The molecule has 1 N–H and O–H groups in total. The normalized spacial score (nSPS) is 25.6. The lowest BCUT2D eigenvalue weighted by Gasteiger charge is -2.37. The van der Waals surface area contributed by atoms with Gasteiger partial charge in [0.1, 0.15) is 0 Å². The zero-order valence-corrected chi connectivity index (χ0v) is 13.4. The highest BCUT2D eigenvalue weighted by molar-refractivity contribution is 7.85. The first-order valence-electron chi connectivity index (χ1n) is 7.00. The molecule has 1 aromatic carbocycles. The first kappa shape index (κ1) is 16.0. The number of halogens is 1. The first-order valence-corrected chi connectivity index (χ1v) is 8.86. The monoisotopic (exact) mass is 315 g/mol. The van der Waals surface area contributed by atoms with E-state index in [1.165, 1.54) is 5.56 Å². The topological polar surface area (TPSA) is 40.5 Å². The number of hydrogen-bond donors (Lipinski definition) is 1. The van der Waals surface area contributed by atoms with Gasteiger partial charge in [-0.3, -0.25) is 4.21 Å². The van der Waals surface area contributed by atoms with Crippen molar-refractivity contribution < 1.29 is 9.32 Å². The molecule has 0 bridgehead atoms. The molecule has 2 rings (SSSR count). The summed E-state index contributed by atoms with van der Waals surface area (Å²) in [5.74, 6) is 1.86. The second-order valence-electron chi connectivity index (χ2n) is 5.50. The van der Waals surface area contributed by atoms with Crippen LogP contribution >= 0.6 is 11.6 Å². The van der Waals surface area contributed by atoms with E-state index in [0.29, 0.717) is 23.3 Å². The Morgan fingerprint density at radius 2 is 2.10 bits per heavy atom. The molecule has 1 unspecified atom stereocenters. The zero-order chi connectivity index (χ0) is 14.5. The number of hydrogen-bond acceptors (Lipinski definition) is 3. The molecule has 3 nitrogen and oxygen atoms in total. The number of nitrogens with zero attached hydrogens (tertiary/aromatic N) is 1. The molecular weight excluding hydrogens is 294 g/mol. The summed E-state index contributed by atoms with van der Waals surface area (Å²) in [6, 6.07) is 8.02. The average molecular weight is 316 g/mol. The molecule has 0 spiro atoms. The van der Waals surface area contributed by atoms with Gasteiger partial charge in [0.15, 0.2) is 0 Å². The van der Waals surface area contributed by atoms with Gasteiger partial charge in [0.05, 0.1) is 6.61 Å². The predicted molar refractivity (Wildman–Crippen MR) is 84.8 cm³/mol. The molecular formula is C15H22ClNO2S. The van der Waals surface area contributed by atoms with Gasteiger partial charge in [-0.05, 0) is 49.5 Å². The molecule has 0 aliphatic carbocycles. The van der Waals surface area contributed by atoms with Crippen LogP contribution in [0, 0.1) is 5.92 Å². The Balaban J connectivity index is 2.11. The number of likely N-dealkylation sites (tertiary alicyclic amines) is 1. The highest BCUT2D eigenvalue weighted by atomic mass is 35.5. The lowest BCUT2D eigenvalue weighted by molar-refractivity contribution is 0.198. The van der Waals surface area contributed by atoms with Crippen molar-refractivity contribution in [3.63, 3.8) is 0 Å². The predicted octanol–water partition coefficient (Wildman–Crippen LogP) is 2.12. The van der Waals surface area contributed by atoms with Gasteiger partial charge >= 0.3 is 0 Å². The largest absolute Gasteiger partial charge is 0.395 e.